The Balaban J connectivity index is 3.07. The lowest BCUT2D eigenvalue weighted by atomic mass is 10.1. The minimum Gasteiger partial charge on any atom is -0.481 e. The van der Waals surface area contributed by atoms with Crippen molar-refractivity contribution < 1.29 is 39.0 Å². The zero-order chi connectivity index (χ0) is 27.3. The van der Waals surface area contributed by atoms with E-state index < -0.39 is 79.0 Å². The Morgan fingerprint density at radius 2 is 1.61 bits per heavy atom. The SMILES string of the molecule is CSCCC(N)C(=O)NC(Cc1cnc[nH]1)C(=O)NC(CCC(=O)O)C(=O)NC(CC(N)=O)C(=O)O. The highest BCUT2D eigenvalue weighted by Crippen LogP contribution is 2.06. The van der Waals surface area contributed by atoms with Gasteiger partial charge in [0, 0.05) is 24.7 Å². The average Bonchev–Trinajstić information content (AvgIpc) is 3.31. The second-order valence-electron chi connectivity index (χ2n) is 7.79. The number of nitrogens with one attached hydrogen (secondary N) is 4. The summed E-state index contributed by atoms with van der Waals surface area (Å²) in [6.45, 7) is 0. The van der Waals surface area contributed by atoms with E-state index >= 15 is 0 Å². The highest BCUT2D eigenvalue weighted by Gasteiger charge is 2.31. The molecule has 200 valence electrons. The number of carbonyl (C=O) groups is 6. The molecule has 1 aromatic heterocycles. The fourth-order valence-corrected chi connectivity index (χ4v) is 3.45. The maximum atomic E-state index is 13.1. The molecule has 0 aliphatic rings. The maximum Gasteiger partial charge on any atom is 0.326 e. The predicted octanol–water partition coefficient (Wildman–Crippen LogP) is -2.69. The molecule has 4 amide bonds. The van der Waals surface area contributed by atoms with Gasteiger partial charge in [0.15, 0.2) is 0 Å². The van der Waals surface area contributed by atoms with Crippen LogP contribution in [-0.4, -0.2) is 91.9 Å². The number of nitrogens with zero attached hydrogens (tertiary/aromatic N) is 1. The van der Waals surface area contributed by atoms with Gasteiger partial charge in [-0.3, -0.25) is 24.0 Å². The van der Waals surface area contributed by atoms with Crippen molar-refractivity contribution >= 4 is 47.3 Å². The number of carbonyl (C=O) groups excluding carboxylic acids is 4. The Bertz CT molecular complexity index is 927. The van der Waals surface area contributed by atoms with Crippen molar-refractivity contribution in [2.45, 2.75) is 56.3 Å². The third kappa shape index (κ3) is 11.2. The Kier molecular flexibility index (Phi) is 13.0. The van der Waals surface area contributed by atoms with Gasteiger partial charge in [-0.05, 0) is 24.9 Å². The summed E-state index contributed by atoms with van der Waals surface area (Å²) in [6, 6.07) is -5.30. The van der Waals surface area contributed by atoms with Gasteiger partial charge in [0.25, 0.3) is 0 Å². The van der Waals surface area contributed by atoms with Crippen LogP contribution in [0.4, 0.5) is 0 Å². The van der Waals surface area contributed by atoms with Crippen LogP contribution in [0.5, 0.6) is 0 Å². The standard InChI is InChI=1S/C20H31N7O8S/c1-36-5-4-11(21)17(31)26-13(6-10-8-23-9-24-10)19(33)25-12(2-3-16(29)30)18(32)27-14(20(34)35)7-15(22)28/h8-9,11-14H,2-7,21H2,1H3,(H2,22,28)(H,23,24)(H,25,33)(H,26,31)(H,27,32)(H,29,30)(H,34,35). The Hall–Kier alpha value is -3.66. The fourth-order valence-electron chi connectivity index (χ4n) is 2.96. The summed E-state index contributed by atoms with van der Waals surface area (Å²) in [7, 11) is 0. The molecular weight excluding hydrogens is 498 g/mol. The maximum absolute atomic E-state index is 13.1. The number of carboxylic acid groups (broad SMARTS) is 2. The number of carboxylic acids is 2. The van der Waals surface area contributed by atoms with E-state index in [9.17, 15) is 33.9 Å². The predicted molar refractivity (Wildman–Crippen MR) is 127 cm³/mol. The highest BCUT2D eigenvalue weighted by atomic mass is 32.2. The van der Waals surface area contributed by atoms with Gasteiger partial charge in [0.05, 0.1) is 18.8 Å². The summed E-state index contributed by atoms with van der Waals surface area (Å²) in [6.07, 6.45) is 3.29. The van der Waals surface area contributed by atoms with Crippen LogP contribution in [-0.2, 0) is 35.2 Å². The molecule has 0 aliphatic carbocycles. The van der Waals surface area contributed by atoms with Crippen LogP contribution >= 0.6 is 11.8 Å². The van der Waals surface area contributed by atoms with E-state index in [1.807, 2.05) is 6.26 Å². The average molecular weight is 530 g/mol. The lowest BCUT2D eigenvalue weighted by Gasteiger charge is -2.24. The molecule has 0 fully saturated rings. The number of H-pyrrole nitrogens is 1. The van der Waals surface area contributed by atoms with Crippen LogP contribution in [0.1, 0.15) is 31.4 Å². The Labute approximate surface area is 210 Å². The van der Waals surface area contributed by atoms with E-state index in [1.54, 1.807) is 0 Å². The summed E-state index contributed by atoms with van der Waals surface area (Å²) < 4.78 is 0. The molecule has 4 atom stereocenters. The third-order valence-electron chi connectivity index (χ3n) is 4.88. The first-order chi connectivity index (χ1) is 16.9. The minimum absolute atomic E-state index is 0.0560. The van der Waals surface area contributed by atoms with Crippen LogP contribution in [0.25, 0.3) is 0 Å². The van der Waals surface area contributed by atoms with Gasteiger partial charge in [-0.2, -0.15) is 11.8 Å². The monoisotopic (exact) mass is 529 g/mol. The molecule has 4 unspecified atom stereocenters. The van der Waals surface area contributed by atoms with Crippen LogP contribution in [0.3, 0.4) is 0 Å². The van der Waals surface area contributed by atoms with E-state index in [0.29, 0.717) is 17.9 Å². The quantitative estimate of drug-likeness (QED) is 0.103. The number of hydrogen-bond donors (Lipinski definition) is 8. The van der Waals surface area contributed by atoms with Crippen molar-refractivity contribution in [3.05, 3.63) is 18.2 Å². The molecule has 0 bridgehead atoms. The van der Waals surface area contributed by atoms with E-state index in [-0.39, 0.29) is 6.42 Å². The van der Waals surface area contributed by atoms with Crippen molar-refractivity contribution in [1.82, 2.24) is 25.9 Å². The number of aromatic nitrogens is 2. The van der Waals surface area contributed by atoms with Gasteiger partial charge in [0.2, 0.25) is 23.6 Å². The van der Waals surface area contributed by atoms with Crippen molar-refractivity contribution in [1.29, 1.82) is 0 Å². The Morgan fingerprint density at radius 1 is 1.00 bits per heavy atom. The van der Waals surface area contributed by atoms with Crippen LogP contribution in [0.2, 0.25) is 0 Å². The zero-order valence-corrected chi connectivity index (χ0v) is 20.4. The van der Waals surface area contributed by atoms with Gasteiger partial charge in [0.1, 0.15) is 18.1 Å². The van der Waals surface area contributed by atoms with E-state index in [2.05, 4.69) is 25.9 Å². The first kappa shape index (κ1) is 30.4. The first-order valence-electron chi connectivity index (χ1n) is 10.8. The number of rotatable bonds is 17. The molecule has 0 aromatic carbocycles. The first-order valence-corrected chi connectivity index (χ1v) is 12.2. The lowest BCUT2D eigenvalue weighted by Crippen LogP contribution is -2.58. The molecule has 10 N–H and O–H groups in total. The lowest BCUT2D eigenvalue weighted by molar-refractivity contribution is -0.144. The second-order valence-corrected chi connectivity index (χ2v) is 8.78. The minimum atomic E-state index is -1.69. The molecule has 1 heterocycles. The van der Waals surface area contributed by atoms with Crippen molar-refractivity contribution in [2.24, 2.45) is 11.5 Å². The van der Waals surface area contributed by atoms with Crippen LogP contribution in [0, 0.1) is 0 Å². The molecule has 0 spiro atoms. The smallest absolute Gasteiger partial charge is 0.326 e. The third-order valence-corrected chi connectivity index (χ3v) is 5.53. The molecule has 16 heteroatoms. The second kappa shape index (κ2) is 15.4. The number of imidazole rings is 1. The molecule has 0 saturated heterocycles. The van der Waals surface area contributed by atoms with Crippen molar-refractivity contribution in [2.75, 3.05) is 12.0 Å². The topological polar surface area (TPSA) is 260 Å². The number of aliphatic carboxylic acids is 2. The molecule has 15 nitrogen and oxygen atoms in total. The summed E-state index contributed by atoms with van der Waals surface area (Å²) in [4.78, 5) is 78.5. The molecule has 1 aromatic rings. The van der Waals surface area contributed by atoms with E-state index in [1.165, 1.54) is 24.3 Å². The number of aromatic amines is 1. The number of hydrogen-bond acceptors (Lipinski definition) is 9. The molecule has 0 aliphatic heterocycles. The van der Waals surface area contributed by atoms with Crippen LogP contribution in [0.15, 0.2) is 12.5 Å². The largest absolute Gasteiger partial charge is 0.481 e. The summed E-state index contributed by atoms with van der Waals surface area (Å²) in [5, 5.41) is 25.2. The fraction of sp³-hybridized carbons (Fsp3) is 0.550. The highest BCUT2D eigenvalue weighted by molar-refractivity contribution is 7.98. The molecule has 1 rings (SSSR count). The van der Waals surface area contributed by atoms with Gasteiger partial charge in [-0.1, -0.05) is 0 Å². The molecule has 0 saturated carbocycles. The number of primary amides is 1. The number of amides is 4. The van der Waals surface area contributed by atoms with Crippen LogP contribution < -0.4 is 27.4 Å². The summed E-state index contributed by atoms with van der Waals surface area (Å²) >= 11 is 1.49. The van der Waals surface area contributed by atoms with Gasteiger partial charge >= 0.3 is 11.9 Å². The summed E-state index contributed by atoms with van der Waals surface area (Å²) in [5.41, 5.74) is 11.4. The van der Waals surface area contributed by atoms with Crippen molar-refractivity contribution in [3.8, 4) is 0 Å². The normalized spacial score (nSPS) is 14.1. The number of thioether (sulfide) groups is 1. The molecule has 0 radical (unpaired) electrons. The van der Waals surface area contributed by atoms with Gasteiger partial charge in [-0.25, -0.2) is 9.78 Å². The number of nitrogens with two attached hydrogens (primary N) is 2. The van der Waals surface area contributed by atoms with Gasteiger partial charge in [-0.15, -0.1) is 0 Å². The summed E-state index contributed by atoms with van der Waals surface area (Å²) in [5.74, 6) is -5.69. The van der Waals surface area contributed by atoms with Gasteiger partial charge < -0.3 is 42.6 Å². The van der Waals surface area contributed by atoms with E-state index in [4.69, 9.17) is 16.6 Å². The van der Waals surface area contributed by atoms with E-state index in [0.717, 1.165) is 0 Å². The molecular formula is C20H31N7O8S. The zero-order valence-electron chi connectivity index (χ0n) is 19.6. The molecule has 36 heavy (non-hydrogen) atoms. The Morgan fingerprint density at radius 3 is 2.14 bits per heavy atom. The van der Waals surface area contributed by atoms with Crippen molar-refractivity contribution in [3.63, 3.8) is 0 Å².